The van der Waals surface area contributed by atoms with Crippen LogP contribution in [0.4, 0.5) is 15.2 Å². The lowest BCUT2D eigenvalue weighted by Gasteiger charge is -2.53. The molecule has 6 nitrogen and oxygen atoms in total. The topological polar surface area (TPSA) is 68.7 Å². The van der Waals surface area contributed by atoms with Crippen LogP contribution in [-0.4, -0.2) is 65.1 Å². The van der Waals surface area contributed by atoms with Gasteiger partial charge in [-0.15, -0.1) is 11.3 Å². The molecule has 2 N–H and O–H groups in total. The SMILES string of the molecule is C[C@H](C(=O)N1CCN(C)CC1)[C@H]1CC[C@]2(C)Cc3sc(Nc4ccc(F)cc4)nc3[C@H](C)[C@@H]2[C@H]1O. The van der Waals surface area contributed by atoms with Gasteiger partial charge in [-0.3, -0.25) is 4.79 Å². The number of aliphatic hydroxyl groups is 1. The number of nitrogens with one attached hydrogen (secondary N) is 1. The molecule has 1 aromatic heterocycles. The predicted molar refractivity (Wildman–Crippen MR) is 137 cm³/mol. The second-order valence-electron chi connectivity index (χ2n) is 11.2. The Labute approximate surface area is 211 Å². The van der Waals surface area contributed by atoms with Gasteiger partial charge in [0.1, 0.15) is 5.82 Å². The predicted octanol–water partition coefficient (Wildman–Crippen LogP) is 4.49. The number of benzene rings is 1. The average molecular weight is 501 g/mol. The number of likely N-dealkylation sites (N-methyl/N-ethyl adjacent to an activating group) is 1. The molecule has 1 amide bonds. The third-order valence-electron chi connectivity index (χ3n) is 8.86. The summed E-state index contributed by atoms with van der Waals surface area (Å²) in [7, 11) is 2.09. The molecule has 0 spiro atoms. The Kier molecular flexibility index (Phi) is 6.66. The minimum atomic E-state index is -0.529. The highest BCUT2D eigenvalue weighted by molar-refractivity contribution is 7.15. The van der Waals surface area contributed by atoms with E-state index in [1.54, 1.807) is 23.5 Å². The number of halogens is 1. The lowest BCUT2D eigenvalue weighted by atomic mass is 9.53. The van der Waals surface area contributed by atoms with E-state index in [2.05, 4.69) is 31.1 Å². The molecular weight excluding hydrogens is 463 g/mol. The fraction of sp³-hybridized carbons (Fsp3) is 0.630. The van der Waals surface area contributed by atoms with Crippen LogP contribution in [0.2, 0.25) is 0 Å². The number of rotatable bonds is 4. The zero-order valence-electron chi connectivity index (χ0n) is 21.1. The molecule has 5 rings (SSSR count). The van der Waals surface area contributed by atoms with E-state index in [4.69, 9.17) is 4.98 Å². The highest BCUT2D eigenvalue weighted by Crippen LogP contribution is 2.57. The maximum atomic E-state index is 13.3. The molecule has 8 heteroatoms. The van der Waals surface area contributed by atoms with Gasteiger partial charge in [0.25, 0.3) is 0 Å². The Balaban J connectivity index is 1.33. The number of thiazole rings is 1. The summed E-state index contributed by atoms with van der Waals surface area (Å²) in [5.41, 5.74) is 1.85. The standard InChI is InChI=1S/C27H37FN4O2S/c1-16(25(34)32-13-11-31(4)12-14-32)20-9-10-27(3)15-21-23(17(2)22(27)24(20)33)30-26(35-21)29-19-7-5-18(28)6-8-19/h5-8,16-17,20,22,24,33H,9-15H2,1-4H3,(H,29,30)/t16-,17+,20+,22+,24-,27+/m0/s1. The summed E-state index contributed by atoms with van der Waals surface area (Å²) in [5.74, 6) is -0.111. The monoisotopic (exact) mass is 500 g/mol. The summed E-state index contributed by atoms with van der Waals surface area (Å²) in [4.78, 5) is 23.7. The van der Waals surface area contributed by atoms with E-state index < -0.39 is 6.10 Å². The van der Waals surface area contributed by atoms with Crippen LogP contribution < -0.4 is 5.32 Å². The number of aliphatic hydroxyl groups excluding tert-OH is 1. The van der Waals surface area contributed by atoms with Gasteiger partial charge in [0.15, 0.2) is 5.13 Å². The largest absolute Gasteiger partial charge is 0.392 e. The van der Waals surface area contributed by atoms with E-state index in [-0.39, 0.29) is 40.8 Å². The Morgan fingerprint density at radius 3 is 2.63 bits per heavy atom. The van der Waals surface area contributed by atoms with E-state index in [0.29, 0.717) is 0 Å². The molecule has 1 saturated heterocycles. The maximum Gasteiger partial charge on any atom is 0.225 e. The normalized spacial score (nSPS) is 32.0. The van der Waals surface area contributed by atoms with E-state index >= 15 is 0 Å². The second kappa shape index (κ2) is 9.45. The first-order chi connectivity index (χ1) is 16.7. The minimum Gasteiger partial charge on any atom is -0.392 e. The van der Waals surface area contributed by atoms with E-state index in [1.165, 1.54) is 17.0 Å². The fourth-order valence-electron chi connectivity index (χ4n) is 6.75. The van der Waals surface area contributed by atoms with E-state index in [9.17, 15) is 14.3 Å². The maximum absolute atomic E-state index is 13.3. The summed E-state index contributed by atoms with van der Waals surface area (Å²) < 4.78 is 13.3. The molecule has 190 valence electrons. The van der Waals surface area contributed by atoms with Gasteiger partial charge in [0.2, 0.25) is 5.91 Å². The number of amides is 1. The molecule has 2 heterocycles. The molecule has 0 radical (unpaired) electrons. The zero-order valence-corrected chi connectivity index (χ0v) is 21.9. The second-order valence-corrected chi connectivity index (χ2v) is 12.3. The van der Waals surface area contributed by atoms with Crippen molar-refractivity contribution < 1.29 is 14.3 Å². The van der Waals surface area contributed by atoms with Gasteiger partial charge in [0.05, 0.1) is 11.8 Å². The van der Waals surface area contributed by atoms with Crippen molar-refractivity contribution in [2.45, 2.75) is 52.1 Å². The number of carbonyl (C=O) groups excluding carboxylic acids is 1. The van der Waals surface area contributed by atoms with Crippen molar-refractivity contribution in [1.29, 1.82) is 0 Å². The minimum absolute atomic E-state index is 0.0153. The Morgan fingerprint density at radius 1 is 1.26 bits per heavy atom. The lowest BCUT2D eigenvalue weighted by molar-refractivity contribution is -0.146. The first-order valence-corrected chi connectivity index (χ1v) is 13.7. The number of fused-ring (bicyclic) bond motifs is 2. The summed E-state index contributed by atoms with van der Waals surface area (Å²) in [6.07, 6.45) is 2.24. The highest BCUT2D eigenvalue weighted by atomic mass is 32.1. The quantitative estimate of drug-likeness (QED) is 0.648. The van der Waals surface area contributed by atoms with Crippen molar-refractivity contribution in [2.24, 2.45) is 23.2 Å². The number of carbonyl (C=O) groups is 1. The fourth-order valence-corrected chi connectivity index (χ4v) is 8.04. The lowest BCUT2D eigenvalue weighted by Crippen LogP contribution is -2.55. The molecule has 2 fully saturated rings. The summed E-state index contributed by atoms with van der Waals surface area (Å²) in [6, 6.07) is 6.31. The molecule has 1 aromatic carbocycles. The van der Waals surface area contributed by atoms with Crippen molar-refractivity contribution in [2.75, 3.05) is 38.5 Å². The molecule has 0 bridgehead atoms. The zero-order chi connectivity index (χ0) is 24.9. The van der Waals surface area contributed by atoms with Crippen molar-refractivity contribution in [3.8, 4) is 0 Å². The van der Waals surface area contributed by atoms with Crippen LogP contribution in [0.5, 0.6) is 0 Å². The number of hydrogen-bond acceptors (Lipinski definition) is 6. The highest BCUT2D eigenvalue weighted by Gasteiger charge is 2.54. The van der Waals surface area contributed by atoms with Gasteiger partial charge >= 0.3 is 0 Å². The van der Waals surface area contributed by atoms with Gasteiger partial charge in [-0.1, -0.05) is 20.8 Å². The van der Waals surface area contributed by atoms with Crippen LogP contribution in [0.3, 0.4) is 0 Å². The molecule has 35 heavy (non-hydrogen) atoms. The van der Waals surface area contributed by atoms with Gasteiger partial charge < -0.3 is 20.2 Å². The number of nitrogens with zero attached hydrogens (tertiary/aromatic N) is 3. The molecule has 1 aliphatic heterocycles. The smallest absolute Gasteiger partial charge is 0.225 e. The third kappa shape index (κ3) is 4.60. The van der Waals surface area contributed by atoms with Crippen LogP contribution in [0.1, 0.15) is 50.1 Å². The Bertz CT molecular complexity index is 1070. The van der Waals surface area contributed by atoms with Crippen molar-refractivity contribution in [1.82, 2.24) is 14.8 Å². The summed E-state index contributed by atoms with van der Waals surface area (Å²) in [6.45, 7) is 9.85. The van der Waals surface area contributed by atoms with Gasteiger partial charge in [-0.2, -0.15) is 0 Å². The first-order valence-electron chi connectivity index (χ1n) is 12.8. The molecular formula is C27H37FN4O2S. The average Bonchev–Trinajstić information content (AvgIpc) is 3.22. The van der Waals surface area contributed by atoms with Crippen LogP contribution in [0.25, 0.3) is 0 Å². The van der Waals surface area contributed by atoms with Crippen molar-refractivity contribution in [3.63, 3.8) is 0 Å². The molecule has 1 saturated carbocycles. The van der Waals surface area contributed by atoms with Crippen molar-refractivity contribution in [3.05, 3.63) is 40.7 Å². The number of hydrogen-bond donors (Lipinski definition) is 2. The Morgan fingerprint density at radius 2 is 1.94 bits per heavy atom. The van der Waals surface area contributed by atoms with E-state index in [1.807, 2.05) is 11.8 Å². The van der Waals surface area contributed by atoms with Gasteiger partial charge in [0, 0.05) is 48.6 Å². The molecule has 2 aromatic rings. The molecule has 6 atom stereocenters. The molecule has 3 aliphatic rings. The van der Waals surface area contributed by atoms with Gasteiger partial charge in [-0.25, -0.2) is 9.37 Å². The van der Waals surface area contributed by atoms with Crippen LogP contribution >= 0.6 is 11.3 Å². The van der Waals surface area contributed by atoms with Gasteiger partial charge in [-0.05, 0) is 67.8 Å². The van der Waals surface area contributed by atoms with E-state index in [0.717, 1.165) is 62.0 Å². The first kappa shape index (κ1) is 24.7. The van der Waals surface area contributed by atoms with Crippen LogP contribution in [0, 0.1) is 29.0 Å². The number of aromatic nitrogens is 1. The Hall–Kier alpha value is -2.03. The third-order valence-corrected chi connectivity index (χ3v) is 9.85. The molecule has 2 aliphatic carbocycles. The molecule has 0 unspecified atom stereocenters. The number of anilines is 2. The summed E-state index contributed by atoms with van der Waals surface area (Å²) in [5, 5.41) is 15.8. The summed E-state index contributed by atoms with van der Waals surface area (Å²) >= 11 is 1.66. The van der Waals surface area contributed by atoms with Crippen LogP contribution in [0.15, 0.2) is 24.3 Å². The number of piperazine rings is 1. The van der Waals surface area contributed by atoms with Crippen molar-refractivity contribution >= 4 is 28.1 Å². The van der Waals surface area contributed by atoms with Crippen LogP contribution in [-0.2, 0) is 11.2 Å².